The molecule has 7 heteroatoms. The van der Waals surface area contributed by atoms with Crippen molar-refractivity contribution in [2.75, 3.05) is 7.11 Å². The highest BCUT2D eigenvalue weighted by atomic mass is 35.5. The largest absolute Gasteiger partial charge is 0.493 e. The predicted octanol–water partition coefficient (Wildman–Crippen LogP) is 3.68. The summed E-state index contributed by atoms with van der Waals surface area (Å²) in [6.45, 7) is 3.98. The summed E-state index contributed by atoms with van der Waals surface area (Å²) < 4.78 is 11.1. The van der Waals surface area contributed by atoms with Crippen LogP contribution in [0.5, 0.6) is 11.5 Å². The topological polar surface area (TPSA) is 72.8 Å². The van der Waals surface area contributed by atoms with Gasteiger partial charge in [0.1, 0.15) is 0 Å². The third-order valence-corrected chi connectivity index (χ3v) is 3.75. The molecule has 0 bridgehead atoms. The minimum absolute atomic E-state index is 0.0190. The van der Waals surface area contributed by atoms with E-state index < -0.39 is 0 Å². The number of ether oxygens (including phenoxy) is 2. The number of halogens is 1. The average molecular weight is 362 g/mol. The number of methoxy groups -OCH3 is 1. The number of hydrazone groups is 1. The van der Waals surface area contributed by atoms with Gasteiger partial charge in [-0.25, -0.2) is 5.43 Å². The van der Waals surface area contributed by atoms with Crippen LogP contribution in [0.1, 0.15) is 36.2 Å². The lowest BCUT2D eigenvalue weighted by atomic mass is 10.2. The van der Waals surface area contributed by atoms with E-state index in [1.807, 2.05) is 13.8 Å². The second kappa shape index (κ2) is 9.03. The van der Waals surface area contributed by atoms with Gasteiger partial charge in [0.15, 0.2) is 11.5 Å². The molecule has 0 aliphatic heterocycles. The van der Waals surface area contributed by atoms with Gasteiger partial charge in [0.05, 0.1) is 24.5 Å². The Morgan fingerprint density at radius 3 is 2.76 bits per heavy atom. The molecule has 2 rings (SSSR count). The molecule has 0 aliphatic carbocycles. The molecule has 0 fully saturated rings. The van der Waals surface area contributed by atoms with E-state index in [1.54, 1.807) is 43.8 Å². The summed E-state index contributed by atoms with van der Waals surface area (Å²) in [4.78, 5) is 15.8. The monoisotopic (exact) mass is 361 g/mol. The van der Waals surface area contributed by atoms with Crippen molar-refractivity contribution in [2.45, 2.75) is 26.4 Å². The lowest BCUT2D eigenvalue weighted by molar-refractivity contribution is 0.0955. The summed E-state index contributed by atoms with van der Waals surface area (Å²) in [5.74, 6) is 0.680. The molecule has 0 saturated heterocycles. The number of benzene rings is 1. The zero-order valence-corrected chi connectivity index (χ0v) is 15.1. The van der Waals surface area contributed by atoms with Gasteiger partial charge in [0.25, 0.3) is 5.91 Å². The highest BCUT2D eigenvalue weighted by Crippen LogP contribution is 2.37. The Morgan fingerprint density at radius 2 is 2.12 bits per heavy atom. The van der Waals surface area contributed by atoms with Gasteiger partial charge < -0.3 is 9.47 Å². The van der Waals surface area contributed by atoms with Gasteiger partial charge in [-0.3, -0.25) is 9.78 Å². The van der Waals surface area contributed by atoms with Gasteiger partial charge in [-0.2, -0.15) is 5.10 Å². The van der Waals surface area contributed by atoms with Crippen LogP contribution in [0.4, 0.5) is 0 Å². The Morgan fingerprint density at radius 1 is 1.40 bits per heavy atom. The van der Waals surface area contributed by atoms with E-state index in [-0.39, 0.29) is 12.0 Å². The fourth-order valence-electron chi connectivity index (χ4n) is 1.95. The average Bonchev–Trinajstić information content (AvgIpc) is 2.63. The SMILES string of the molecule is CC[C@H](C)Oc1c(Cl)cc(/C=N\NC(=O)c2ccncc2)cc1OC. The molecule has 0 radical (unpaired) electrons. The molecule has 1 amide bonds. The molecular formula is C18H20ClN3O3. The molecule has 0 unspecified atom stereocenters. The molecule has 2 aromatic rings. The highest BCUT2D eigenvalue weighted by molar-refractivity contribution is 6.32. The second-order valence-corrected chi connectivity index (χ2v) is 5.71. The molecule has 0 saturated carbocycles. The Hall–Kier alpha value is -2.60. The van der Waals surface area contributed by atoms with E-state index in [4.69, 9.17) is 21.1 Å². The summed E-state index contributed by atoms with van der Waals surface area (Å²) in [7, 11) is 1.54. The molecule has 25 heavy (non-hydrogen) atoms. The fourth-order valence-corrected chi connectivity index (χ4v) is 2.21. The van der Waals surface area contributed by atoms with Crippen LogP contribution in [0.15, 0.2) is 41.8 Å². The number of carbonyl (C=O) groups excluding carboxylic acids is 1. The summed E-state index contributed by atoms with van der Waals surface area (Å²) in [6.07, 6.45) is 5.44. The van der Waals surface area contributed by atoms with Crippen molar-refractivity contribution < 1.29 is 14.3 Å². The third-order valence-electron chi connectivity index (χ3n) is 3.47. The second-order valence-electron chi connectivity index (χ2n) is 5.31. The van der Waals surface area contributed by atoms with Crippen LogP contribution in [-0.4, -0.2) is 30.3 Å². The standard InChI is InChI=1S/C18H20ClN3O3/c1-4-12(2)25-17-15(19)9-13(10-16(17)24-3)11-21-22-18(23)14-5-7-20-8-6-14/h5-12H,4H2,1-3H3,(H,22,23)/b21-11-/t12-/m0/s1. The van der Waals surface area contributed by atoms with Gasteiger partial charge in [-0.05, 0) is 43.2 Å². The molecule has 1 N–H and O–H groups in total. The number of pyridine rings is 1. The minimum atomic E-state index is -0.326. The zero-order valence-electron chi connectivity index (χ0n) is 14.3. The number of hydrogen-bond donors (Lipinski definition) is 1. The summed E-state index contributed by atoms with van der Waals surface area (Å²) in [5, 5.41) is 4.36. The van der Waals surface area contributed by atoms with Crippen LogP contribution >= 0.6 is 11.6 Å². The van der Waals surface area contributed by atoms with Crippen molar-refractivity contribution in [3.63, 3.8) is 0 Å². The molecule has 132 valence electrons. The number of nitrogens with zero attached hydrogens (tertiary/aromatic N) is 2. The van der Waals surface area contributed by atoms with Crippen molar-refractivity contribution in [1.82, 2.24) is 10.4 Å². The first-order valence-electron chi connectivity index (χ1n) is 7.82. The number of hydrogen-bond acceptors (Lipinski definition) is 5. The van der Waals surface area contributed by atoms with E-state index in [0.29, 0.717) is 27.6 Å². The van der Waals surface area contributed by atoms with E-state index in [0.717, 1.165) is 6.42 Å². The Kier molecular flexibility index (Phi) is 6.77. The van der Waals surface area contributed by atoms with Gasteiger partial charge >= 0.3 is 0 Å². The van der Waals surface area contributed by atoms with Gasteiger partial charge in [-0.1, -0.05) is 18.5 Å². The van der Waals surface area contributed by atoms with Crippen LogP contribution in [-0.2, 0) is 0 Å². The van der Waals surface area contributed by atoms with Crippen molar-refractivity contribution in [1.29, 1.82) is 0 Å². The maximum atomic E-state index is 11.9. The van der Waals surface area contributed by atoms with Gasteiger partial charge in [0.2, 0.25) is 0 Å². The summed E-state index contributed by atoms with van der Waals surface area (Å²) in [5.41, 5.74) is 3.59. The van der Waals surface area contributed by atoms with Crippen molar-refractivity contribution in [3.8, 4) is 11.5 Å². The van der Waals surface area contributed by atoms with Crippen LogP contribution in [0.25, 0.3) is 0 Å². The maximum Gasteiger partial charge on any atom is 0.271 e. The molecule has 0 aliphatic rings. The smallest absolute Gasteiger partial charge is 0.271 e. The fraction of sp³-hybridized carbons (Fsp3) is 0.278. The molecule has 1 heterocycles. The Balaban J connectivity index is 2.12. The first kappa shape index (κ1) is 18.7. The number of carbonyl (C=O) groups is 1. The first-order chi connectivity index (χ1) is 12.0. The van der Waals surface area contributed by atoms with E-state index >= 15 is 0 Å². The van der Waals surface area contributed by atoms with Crippen LogP contribution in [0.3, 0.4) is 0 Å². The molecule has 1 aromatic heterocycles. The minimum Gasteiger partial charge on any atom is -0.493 e. The molecule has 1 atom stereocenters. The van der Waals surface area contributed by atoms with E-state index in [1.165, 1.54) is 6.21 Å². The van der Waals surface area contributed by atoms with E-state index in [2.05, 4.69) is 15.5 Å². The van der Waals surface area contributed by atoms with Crippen LogP contribution in [0.2, 0.25) is 5.02 Å². The maximum absolute atomic E-state index is 11.9. The van der Waals surface area contributed by atoms with Crippen LogP contribution < -0.4 is 14.9 Å². The highest BCUT2D eigenvalue weighted by Gasteiger charge is 2.14. The van der Waals surface area contributed by atoms with E-state index in [9.17, 15) is 4.79 Å². The normalized spacial score (nSPS) is 12.0. The lowest BCUT2D eigenvalue weighted by Crippen LogP contribution is -2.17. The summed E-state index contributed by atoms with van der Waals surface area (Å²) >= 11 is 6.29. The summed E-state index contributed by atoms with van der Waals surface area (Å²) in [6, 6.07) is 6.65. The quantitative estimate of drug-likeness (QED) is 0.603. The third kappa shape index (κ3) is 5.19. The molecular weight excluding hydrogens is 342 g/mol. The number of rotatable bonds is 7. The number of nitrogens with one attached hydrogen (secondary N) is 1. The predicted molar refractivity (Wildman–Crippen MR) is 97.7 cm³/mol. The van der Waals surface area contributed by atoms with Gasteiger partial charge in [0, 0.05) is 18.0 Å². The van der Waals surface area contributed by atoms with Crippen molar-refractivity contribution >= 4 is 23.7 Å². The molecule has 1 aromatic carbocycles. The van der Waals surface area contributed by atoms with Crippen LogP contribution in [0, 0.1) is 0 Å². The number of amides is 1. The molecule has 0 spiro atoms. The van der Waals surface area contributed by atoms with Crippen molar-refractivity contribution in [3.05, 3.63) is 52.8 Å². The Bertz CT molecular complexity index is 751. The molecule has 6 nitrogen and oxygen atoms in total. The van der Waals surface area contributed by atoms with Gasteiger partial charge in [-0.15, -0.1) is 0 Å². The zero-order chi connectivity index (χ0) is 18.2. The Labute approximate surface area is 151 Å². The first-order valence-corrected chi connectivity index (χ1v) is 8.20. The number of aromatic nitrogens is 1. The lowest BCUT2D eigenvalue weighted by Gasteiger charge is -2.17. The van der Waals surface area contributed by atoms with Crippen molar-refractivity contribution in [2.24, 2.45) is 5.10 Å².